The van der Waals surface area contributed by atoms with Gasteiger partial charge in [-0.3, -0.25) is 10.1 Å². The quantitative estimate of drug-likeness (QED) is 0.722. The molecule has 0 fully saturated rings. The molecule has 0 saturated carbocycles. The number of amides is 3. The Labute approximate surface area is 88.0 Å². The van der Waals surface area contributed by atoms with E-state index in [0.717, 1.165) is 11.6 Å². The van der Waals surface area contributed by atoms with Gasteiger partial charge in [0.15, 0.2) is 0 Å². The molecular formula is C11H12N2O2. The average molecular weight is 204 g/mol. The zero-order valence-corrected chi connectivity index (χ0v) is 8.41. The van der Waals surface area contributed by atoms with Gasteiger partial charge in [-0.25, -0.2) is 4.79 Å². The van der Waals surface area contributed by atoms with Crippen LogP contribution in [-0.4, -0.2) is 11.9 Å². The number of carbonyl (C=O) groups excluding carboxylic acids is 2. The maximum atomic E-state index is 11.2. The van der Waals surface area contributed by atoms with Crippen LogP contribution in [-0.2, 0) is 4.79 Å². The molecule has 0 unspecified atom stereocenters. The summed E-state index contributed by atoms with van der Waals surface area (Å²) in [6.07, 6.45) is 1.04. The second kappa shape index (κ2) is 4.95. The third-order valence-electron chi connectivity index (χ3n) is 1.82. The first-order valence-electron chi connectivity index (χ1n) is 4.43. The van der Waals surface area contributed by atoms with E-state index in [1.54, 1.807) is 12.1 Å². The number of anilines is 1. The number of carbonyl (C=O) groups is 2. The van der Waals surface area contributed by atoms with Gasteiger partial charge in [-0.15, -0.1) is 0 Å². The summed E-state index contributed by atoms with van der Waals surface area (Å²) >= 11 is 0. The van der Waals surface area contributed by atoms with Crippen LogP contribution in [0.15, 0.2) is 36.9 Å². The minimum atomic E-state index is -0.561. The lowest BCUT2D eigenvalue weighted by atomic mass is 10.2. The van der Waals surface area contributed by atoms with Crippen molar-refractivity contribution in [1.29, 1.82) is 0 Å². The third-order valence-corrected chi connectivity index (χ3v) is 1.82. The van der Waals surface area contributed by atoms with Crippen LogP contribution in [0.25, 0.3) is 0 Å². The molecule has 0 aromatic heterocycles. The Morgan fingerprint density at radius 1 is 1.33 bits per heavy atom. The molecule has 3 amide bonds. The van der Waals surface area contributed by atoms with Crippen LogP contribution < -0.4 is 10.6 Å². The number of imide groups is 1. The summed E-state index contributed by atoms with van der Waals surface area (Å²) in [5.74, 6) is -0.527. The number of benzene rings is 1. The van der Waals surface area contributed by atoms with Gasteiger partial charge < -0.3 is 5.32 Å². The van der Waals surface area contributed by atoms with Crippen LogP contribution in [0.1, 0.15) is 5.56 Å². The summed E-state index contributed by atoms with van der Waals surface area (Å²) in [6.45, 7) is 5.11. The van der Waals surface area contributed by atoms with Crippen molar-refractivity contribution < 1.29 is 9.59 Å². The standard InChI is InChI=1S/C11H12N2O2/c1-3-10(14)13-11(15)12-9-7-5-4-6-8(9)2/h3-7H,1H2,2H3,(H2,12,13,14,15). The molecule has 1 aromatic carbocycles. The van der Waals surface area contributed by atoms with Crippen LogP contribution >= 0.6 is 0 Å². The Balaban J connectivity index is 2.63. The summed E-state index contributed by atoms with van der Waals surface area (Å²) in [5.41, 5.74) is 1.60. The zero-order valence-electron chi connectivity index (χ0n) is 8.41. The molecule has 1 aromatic rings. The molecule has 2 N–H and O–H groups in total. The Morgan fingerprint density at radius 2 is 2.00 bits per heavy atom. The lowest BCUT2D eigenvalue weighted by Crippen LogP contribution is -2.33. The normalized spacial score (nSPS) is 9.13. The molecule has 0 aliphatic carbocycles. The molecule has 15 heavy (non-hydrogen) atoms. The predicted molar refractivity (Wildman–Crippen MR) is 58.5 cm³/mol. The first-order valence-corrected chi connectivity index (χ1v) is 4.43. The van der Waals surface area contributed by atoms with E-state index in [4.69, 9.17) is 0 Å². The molecule has 0 radical (unpaired) electrons. The van der Waals surface area contributed by atoms with Crippen molar-refractivity contribution in [3.05, 3.63) is 42.5 Å². The molecule has 0 bridgehead atoms. The second-order valence-electron chi connectivity index (χ2n) is 2.96. The van der Waals surface area contributed by atoms with Gasteiger partial charge >= 0.3 is 6.03 Å². The average Bonchev–Trinajstić information content (AvgIpc) is 2.21. The summed E-state index contributed by atoms with van der Waals surface area (Å²) < 4.78 is 0. The van der Waals surface area contributed by atoms with E-state index < -0.39 is 11.9 Å². The molecule has 4 heteroatoms. The zero-order chi connectivity index (χ0) is 11.3. The van der Waals surface area contributed by atoms with Gasteiger partial charge in [-0.05, 0) is 24.6 Å². The SMILES string of the molecule is C=CC(=O)NC(=O)Nc1ccccc1C. The molecule has 4 nitrogen and oxygen atoms in total. The van der Waals surface area contributed by atoms with E-state index in [-0.39, 0.29) is 0 Å². The summed E-state index contributed by atoms with van der Waals surface area (Å²) in [6, 6.07) is 6.73. The number of hydrogen-bond donors (Lipinski definition) is 2. The van der Waals surface area contributed by atoms with Crippen molar-refractivity contribution in [1.82, 2.24) is 5.32 Å². The smallest absolute Gasteiger partial charge is 0.307 e. The molecule has 0 aliphatic rings. The van der Waals surface area contributed by atoms with Gasteiger partial charge in [0, 0.05) is 5.69 Å². The predicted octanol–water partition coefficient (Wildman–Crippen LogP) is 1.83. The van der Waals surface area contributed by atoms with E-state index in [2.05, 4.69) is 17.2 Å². The Bertz CT molecular complexity index is 399. The molecule has 0 atom stereocenters. The summed E-state index contributed by atoms with van der Waals surface area (Å²) in [7, 11) is 0. The van der Waals surface area contributed by atoms with Crippen LogP contribution in [0.2, 0.25) is 0 Å². The second-order valence-corrected chi connectivity index (χ2v) is 2.96. The van der Waals surface area contributed by atoms with Crippen LogP contribution in [0.5, 0.6) is 0 Å². The highest BCUT2D eigenvalue weighted by atomic mass is 16.2. The van der Waals surface area contributed by atoms with Crippen molar-refractivity contribution in [3.63, 3.8) is 0 Å². The number of rotatable bonds is 2. The number of urea groups is 1. The first kappa shape index (κ1) is 11.0. The van der Waals surface area contributed by atoms with Crippen molar-refractivity contribution >= 4 is 17.6 Å². The fourth-order valence-electron chi connectivity index (χ4n) is 1.03. The van der Waals surface area contributed by atoms with Gasteiger partial charge in [0.05, 0.1) is 0 Å². The van der Waals surface area contributed by atoms with Crippen molar-refractivity contribution in [2.75, 3.05) is 5.32 Å². The molecule has 1 rings (SSSR count). The Hall–Kier alpha value is -2.10. The molecule has 78 valence electrons. The first-order chi connectivity index (χ1) is 7.13. The summed E-state index contributed by atoms with van der Waals surface area (Å²) in [4.78, 5) is 22.1. The third kappa shape index (κ3) is 3.27. The topological polar surface area (TPSA) is 58.2 Å². The van der Waals surface area contributed by atoms with Crippen molar-refractivity contribution in [3.8, 4) is 0 Å². The maximum absolute atomic E-state index is 11.2. The highest BCUT2D eigenvalue weighted by Crippen LogP contribution is 2.12. The van der Waals surface area contributed by atoms with Gasteiger partial charge in [-0.1, -0.05) is 24.8 Å². The number of aryl methyl sites for hydroxylation is 1. The fraction of sp³-hybridized carbons (Fsp3) is 0.0909. The van der Waals surface area contributed by atoms with Gasteiger partial charge in [0.2, 0.25) is 0 Å². The minimum absolute atomic E-state index is 0.527. The van der Waals surface area contributed by atoms with Crippen molar-refractivity contribution in [2.45, 2.75) is 6.92 Å². The molecule has 0 heterocycles. The number of para-hydroxylation sites is 1. The minimum Gasteiger partial charge on any atom is -0.307 e. The number of nitrogens with one attached hydrogen (secondary N) is 2. The molecule has 0 aliphatic heterocycles. The Morgan fingerprint density at radius 3 is 2.60 bits per heavy atom. The van der Waals surface area contributed by atoms with Crippen LogP contribution in [0, 0.1) is 6.92 Å². The lowest BCUT2D eigenvalue weighted by molar-refractivity contribution is -0.115. The highest BCUT2D eigenvalue weighted by Gasteiger charge is 2.05. The number of hydrogen-bond acceptors (Lipinski definition) is 2. The van der Waals surface area contributed by atoms with Crippen LogP contribution in [0.3, 0.4) is 0 Å². The Kier molecular flexibility index (Phi) is 3.62. The molecule has 0 spiro atoms. The van der Waals surface area contributed by atoms with Crippen LogP contribution in [0.4, 0.5) is 10.5 Å². The monoisotopic (exact) mass is 204 g/mol. The van der Waals surface area contributed by atoms with Crippen molar-refractivity contribution in [2.24, 2.45) is 0 Å². The largest absolute Gasteiger partial charge is 0.326 e. The van der Waals surface area contributed by atoms with E-state index in [1.807, 2.05) is 19.1 Å². The summed E-state index contributed by atoms with van der Waals surface area (Å²) in [5, 5.41) is 4.66. The van der Waals surface area contributed by atoms with E-state index in [1.165, 1.54) is 0 Å². The van der Waals surface area contributed by atoms with E-state index in [0.29, 0.717) is 5.69 Å². The van der Waals surface area contributed by atoms with E-state index >= 15 is 0 Å². The van der Waals surface area contributed by atoms with E-state index in [9.17, 15) is 9.59 Å². The van der Waals surface area contributed by atoms with Gasteiger partial charge in [0.25, 0.3) is 5.91 Å². The van der Waals surface area contributed by atoms with Gasteiger partial charge in [-0.2, -0.15) is 0 Å². The fourth-order valence-corrected chi connectivity index (χ4v) is 1.03. The molecule has 0 saturated heterocycles. The maximum Gasteiger partial charge on any atom is 0.326 e. The van der Waals surface area contributed by atoms with Gasteiger partial charge in [0.1, 0.15) is 0 Å². The lowest BCUT2D eigenvalue weighted by Gasteiger charge is -2.07. The highest BCUT2D eigenvalue weighted by molar-refractivity contribution is 6.05. The molecular weight excluding hydrogens is 192 g/mol.